The molecule has 27 heavy (non-hydrogen) atoms. The summed E-state index contributed by atoms with van der Waals surface area (Å²) in [4.78, 5) is 27.0. The van der Waals surface area contributed by atoms with E-state index >= 15 is 0 Å². The molecule has 3 aromatic rings. The lowest BCUT2D eigenvalue weighted by atomic mass is 10.2. The number of hydrogen-bond donors (Lipinski definition) is 2. The van der Waals surface area contributed by atoms with E-state index in [0.29, 0.717) is 24.1 Å². The van der Waals surface area contributed by atoms with Crippen LogP contribution in [0.3, 0.4) is 0 Å². The molecule has 1 aliphatic rings. The maximum Gasteiger partial charge on any atom is 0.319 e. The van der Waals surface area contributed by atoms with Gasteiger partial charge in [-0.1, -0.05) is 0 Å². The standard InChI is InChI=1S/C18H21N7OS/c1-24-5-4-19-16(24)10-25(2)17-20-8-13(9-21-17)22-18(26)23-15-7-14(15)12-3-6-27-11-12/h3-6,8-9,11,14-15H,7,10H2,1-2H3,(H2,22,23,26)/t14-,15+/m0/s1. The second-order valence-corrected chi connectivity index (χ2v) is 7.47. The monoisotopic (exact) mass is 383 g/mol. The Bertz CT molecular complexity index is 906. The first-order chi connectivity index (χ1) is 13.1. The highest BCUT2D eigenvalue weighted by Crippen LogP contribution is 2.41. The largest absolute Gasteiger partial charge is 0.337 e. The van der Waals surface area contributed by atoms with Crippen LogP contribution < -0.4 is 15.5 Å². The van der Waals surface area contributed by atoms with E-state index < -0.39 is 0 Å². The third-order valence-electron chi connectivity index (χ3n) is 4.62. The van der Waals surface area contributed by atoms with Gasteiger partial charge in [-0.2, -0.15) is 11.3 Å². The number of imidazole rings is 1. The summed E-state index contributed by atoms with van der Waals surface area (Å²) in [6.07, 6.45) is 7.87. The molecule has 8 nitrogen and oxygen atoms in total. The minimum atomic E-state index is -0.226. The van der Waals surface area contributed by atoms with E-state index in [9.17, 15) is 4.79 Å². The molecule has 9 heteroatoms. The molecule has 0 bridgehead atoms. The number of rotatable bonds is 6. The second-order valence-electron chi connectivity index (χ2n) is 6.69. The number of anilines is 2. The van der Waals surface area contributed by atoms with Crippen molar-refractivity contribution in [1.29, 1.82) is 0 Å². The quantitative estimate of drug-likeness (QED) is 0.683. The van der Waals surface area contributed by atoms with E-state index in [-0.39, 0.29) is 12.1 Å². The highest BCUT2D eigenvalue weighted by atomic mass is 32.1. The molecule has 2 atom stereocenters. The molecule has 4 rings (SSSR count). The minimum absolute atomic E-state index is 0.198. The Morgan fingerprint density at radius 1 is 1.37 bits per heavy atom. The summed E-state index contributed by atoms with van der Waals surface area (Å²) >= 11 is 1.68. The average Bonchev–Trinajstić information content (AvgIpc) is 3.04. The Balaban J connectivity index is 1.29. The number of amides is 2. The summed E-state index contributed by atoms with van der Waals surface area (Å²) in [6, 6.07) is 2.09. The number of urea groups is 1. The van der Waals surface area contributed by atoms with Gasteiger partial charge in [0.05, 0.1) is 24.6 Å². The Labute approximate surface area is 161 Å². The second kappa shape index (κ2) is 7.36. The van der Waals surface area contributed by atoms with E-state index in [4.69, 9.17) is 0 Å². The van der Waals surface area contributed by atoms with E-state index in [2.05, 4.69) is 42.4 Å². The van der Waals surface area contributed by atoms with Crippen LogP contribution in [0.25, 0.3) is 0 Å². The lowest BCUT2D eigenvalue weighted by molar-refractivity contribution is 0.251. The predicted octanol–water partition coefficient (Wildman–Crippen LogP) is 2.59. The molecule has 1 aliphatic carbocycles. The lowest BCUT2D eigenvalue weighted by Crippen LogP contribution is -2.31. The molecule has 0 spiro atoms. The number of hydrogen-bond acceptors (Lipinski definition) is 6. The maximum atomic E-state index is 12.1. The molecule has 1 saturated carbocycles. The summed E-state index contributed by atoms with van der Waals surface area (Å²) in [5.74, 6) is 1.93. The van der Waals surface area contributed by atoms with Gasteiger partial charge in [-0.15, -0.1) is 0 Å². The van der Waals surface area contributed by atoms with Gasteiger partial charge in [0.15, 0.2) is 0 Å². The van der Waals surface area contributed by atoms with Crippen molar-refractivity contribution in [3.8, 4) is 0 Å². The van der Waals surface area contributed by atoms with Crippen molar-refractivity contribution < 1.29 is 4.79 Å². The predicted molar refractivity (Wildman–Crippen MR) is 105 cm³/mol. The van der Waals surface area contributed by atoms with E-state index in [0.717, 1.165) is 12.2 Å². The first-order valence-corrected chi connectivity index (χ1v) is 9.63. The van der Waals surface area contributed by atoms with Gasteiger partial charge in [0, 0.05) is 38.4 Å². The van der Waals surface area contributed by atoms with Crippen LogP contribution in [0, 0.1) is 0 Å². The first-order valence-electron chi connectivity index (χ1n) is 8.69. The van der Waals surface area contributed by atoms with Gasteiger partial charge < -0.3 is 20.1 Å². The van der Waals surface area contributed by atoms with Crippen molar-refractivity contribution in [2.24, 2.45) is 7.05 Å². The van der Waals surface area contributed by atoms with Crippen molar-refractivity contribution in [2.45, 2.75) is 24.9 Å². The molecule has 0 radical (unpaired) electrons. The number of aryl methyl sites for hydroxylation is 1. The Morgan fingerprint density at radius 2 is 2.19 bits per heavy atom. The minimum Gasteiger partial charge on any atom is -0.337 e. The maximum absolute atomic E-state index is 12.1. The molecule has 0 saturated heterocycles. The molecular weight excluding hydrogens is 362 g/mol. The van der Waals surface area contributed by atoms with Gasteiger partial charge in [-0.05, 0) is 28.8 Å². The molecule has 3 heterocycles. The fraction of sp³-hybridized carbons (Fsp3) is 0.333. The fourth-order valence-electron chi connectivity index (χ4n) is 2.96. The van der Waals surface area contributed by atoms with Gasteiger partial charge in [0.2, 0.25) is 5.95 Å². The van der Waals surface area contributed by atoms with Crippen molar-refractivity contribution in [3.63, 3.8) is 0 Å². The molecule has 2 N–H and O–H groups in total. The fourth-order valence-corrected chi connectivity index (χ4v) is 3.68. The van der Waals surface area contributed by atoms with E-state index in [1.54, 1.807) is 29.9 Å². The van der Waals surface area contributed by atoms with Crippen molar-refractivity contribution in [2.75, 3.05) is 17.3 Å². The highest BCUT2D eigenvalue weighted by molar-refractivity contribution is 7.08. The zero-order valence-electron chi connectivity index (χ0n) is 15.2. The van der Waals surface area contributed by atoms with Crippen LogP contribution in [-0.4, -0.2) is 38.6 Å². The van der Waals surface area contributed by atoms with Crippen LogP contribution in [0.4, 0.5) is 16.4 Å². The number of carbonyl (C=O) groups excluding carboxylic acids is 1. The SMILES string of the molecule is CN(Cc1nccn1C)c1ncc(NC(=O)N[C@@H]2C[C@H]2c2ccsc2)cn1. The van der Waals surface area contributed by atoms with Gasteiger partial charge in [-0.25, -0.2) is 19.7 Å². The average molecular weight is 383 g/mol. The smallest absolute Gasteiger partial charge is 0.319 e. The van der Waals surface area contributed by atoms with E-state index in [1.807, 2.05) is 29.8 Å². The normalized spacial score (nSPS) is 18.1. The molecule has 140 valence electrons. The number of nitrogens with one attached hydrogen (secondary N) is 2. The molecule has 0 unspecified atom stereocenters. The zero-order valence-corrected chi connectivity index (χ0v) is 16.0. The number of thiophene rings is 1. The number of carbonyl (C=O) groups is 1. The van der Waals surface area contributed by atoms with Crippen LogP contribution in [0.1, 0.15) is 23.7 Å². The van der Waals surface area contributed by atoms with Crippen LogP contribution >= 0.6 is 11.3 Å². The first kappa shape index (κ1) is 17.5. The van der Waals surface area contributed by atoms with Crippen LogP contribution in [-0.2, 0) is 13.6 Å². The zero-order chi connectivity index (χ0) is 18.8. The molecular formula is C18H21N7OS. The number of aromatic nitrogens is 4. The summed E-state index contributed by atoms with van der Waals surface area (Å²) < 4.78 is 1.96. The van der Waals surface area contributed by atoms with Crippen molar-refractivity contribution >= 4 is 29.0 Å². The Hall–Kier alpha value is -2.94. The van der Waals surface area contributed by atoms with Gasteiger partial charge in [0.25, 0.3) is 0 Å². The molecule has 0 aromatic carbocycles. The molecule has 0 aliphatic heterocycles. The highest BCUT2D eigenvalue weighted by Gasteiger charge is 2.39. The summed E-state index contributed by atoms with van der Waals surface area (Å²) in [5, 5.41) is 9.99. The Morgan fingerprint density at radius 3 is 2.85 bits per heavy atom. The Kier molecular flexibility index (Phi) is 4.76. The van der Waals surface area contributed by atoms with Gasteiger partial charge >= 0.3 is 6.03 Å². The summed E-state index contributed by atoms with van der Waals surface area (Å²) in [5.41, 5.74) is 1.86. The summed E-state index contributed by atoms with van der Waals surface area (Å²) in [7, 11) is 3.85. The van der Waals surface area contributed by atoms with Crippen LogP contribution in [0.5, 0.6) is 0 Å². The topological polar surface area (TPSA) is 88.0 Å². The third kappa shape index (κ3) is 4.08. The molecule has 3 aromatic heterocycles. The van der Waals surface area contributed by atoms with Gasteiger partial charge in [0.1, 0.15) is 5.82 Å². The lowest BCUT2D eigenvalue weighted by Gasteiger charge is -2.16. The van der Waals surface area contributed by atoms with Crippen molar-refractivity contribution in [3.05, 3.63) is 53.0 Å². The molecule has 2 amide bonds. The summed E-state index contributed by atoms with van der Waals surface area (Å²) in [6.45, 7) is 0.600. The third-order valence-corrected chi connectivity index (χ3v) is 5.32. The number of nitrogens with zero attached hydrogens (tertiary/aromatic N) is 5. The van der Waals surface area contributed by atoms with E-state index in [1.165, 1.54) is 5.56 Å². The van der Waals surface area contributed by atoms with Crippen LogP contribution in [0.15, 0.2) is 41.6 Å². The van der Waals surface area contributed by atoms with Crippen LogP contribution in [0.2, 0.25) is 0 Å². The molecule has 1 fully saturated rings. The van der Waals surface area contributed by atoms with Crippen molar-refractivity contribution in [1.82, 2.24) is 24.8 Å². The van der Waals surface area contributed by atoms with Gasteiger partial charge in [-0.3, -0.25) is 0 Å².